The van der Waals surface area contributed by atoms with Crippen molar-refractivity contribution >= 4 is 33.8 Å². The highest BCUT2D eigenvalue weighted by molar-refractivity contribution is 9.10. The van der Waals surface area contributed by atoms with Crippen LogP contribution in [0.1, 0.15) is 10.6 Å². The van der Waals surface area contributed by atoms with E-state index in [2.05, 4.69) is 15.9 Å². The van der Waals surface area contributed by atoms with E-state index in [9.17, 15) is 4.79 Å². The summed E-state index contributed by atoms with van der Waals surface area (Å²) in [5.74, 6) is 0.909. The van der Waals surface area contributed by atoms with Crippen LogP contribution in [0.5, 0.6) is 11.7 Å². The molecule has 1 aromatic carbocycles. The second-order valence-corrected chi connectivity index (χ2v) is 4.27. The lowest BCUT2D eigenvalue weighted by molar-refractivity contribution is 0.109. The Morgan fingerprint density at radius 2 is 2.12 bits per heavy atom. The number of ether oxygens (including phenoxy) is 1. The molecule has 0 saturated heterocycles. The van der Waals surface area contributed by atoms with Gasteiger partial charge in [0, 0.05) is 10.5 Å². The molecule has 5 heteroatoms. The molecule has 0 fully saturated rings. The van der Waals surface area contributed by atoms with Crippen LogP contribution in [0.2, 0.25) is 5.02 Å². The molecule has 2 rings (SSSR count). The number of rotatable bonds is 3. The predicted molar refractivity (Wildman–Crippen MR) is 63.3 cm³/mol. The first kappa shape index (κ1) is 11.2. The summed E-state index contributed by atoms with van der Waals surface area (Å²) in [5.41, 5.74) is 0. The molecule has 82 valence electrons. The zero-order valence-electron chi connectivity index (χ0n) is 7.94. The van der Waals surface area contributed by atoms with Crippen molar-refractivity contribution in [3.05, 3.63) is 45.6 Å². The first-order chi connectivity index (χ1) is 7.69. The molecule has 1 aromatic heterocycles. The minimum atomic E-state index is 0.211. The van der Waals surface area contributed by atoms with E-state index in [0.29, 0.717) is 17.1 Å². The van der Waals surface area contributed by atoms with Crippen LogP contribution in [0.4, 0.5) is 0 Å². The highest BCUT2D eigenvalue weighted by Gasteiger charge is 2.07. The van der Waals surface area contributed by atoms with E-state index in [1.165, 1.54) is 6.07 Å². The number of carbonyl (C=O) groups is 1. The maximum Gasteiger partial charge on any atom is 0.290 e. The third kappa shape index (κ3) is 2.46. The van der Waals surface area contributed by atoms with Gasteiger partial charge in [-0.25, -0.2) is 0 Å². The predicted octanol–water partition coefficient (Wildman–Crippen LogP) is 4.30. The molecular weight excluding hydrogens is 295 g/mol. The number of furan rings is 1. The Kier molecular flexibility index (Phi) is 3.31. The highest BCUT2D eigenvalue weighted by Crippen LogP contribution is 2.32. The molecule has 0 spiro atoms. The Morgan fingerprint density at radius 1 is 1.31 bits per heavy atom. The van der Waals surface area contributed by atoms with Crippen LogP contribution in [-0.4, -0.2) is 6.29 Å². The van der Waals surface area contributed by atoms with Crippen molar-refractivity contribution in [1.29, 1.82) is 0 Å². The second kappa shape index (κ2) is 4.72. The summed E-state index contributed by atoms with van der Waals surface area (Å²) >= 11 is 9.24. The number of halogens is 2. The molecule has 0 aliphatic rings. The lowest BCUT2D eigenvalue weighted by Crippen LogP contribution is -1.83. The molecule has 3 nitrogen and oxygen atoms in total. The molecule has 0 saturated carbocycles. The van der Waals surface area contributed by atoms with Gasteiger partial charge in [0.25, 0.3) is 5.95 Å². The molecule has 0 atom stereocenters. The fraction of sp³-hybridized carbons (Fsp3) is 0. The molecule has 0 amide bonds. The lowest BCUT2D eigenvalue weighted by atomic mass is 10.3. The Hall–Kier alpha value is -1.26. The number of hydrogen-bond acceptors (Lipinski definition) is 3. The Balaban J connectivity index is 2.23. The van der Waals surface area contributed by atoms with Gasteiger partial charge < -0.3 is 9.15 Å². The van der Waals surface area contributed by atoms with E-state index in [4.69, 9.17) is 20.8 Å². The molecule has 0 aliphatic carbocycles. The number of aldehydes is 1. The molecule has 2 aromatic rings. The molecule has 0 N–H and O–H groups in total. The summed E-state index contributed by atoms with van der Waals surface area (Å²) in [6, 6.07) is 8.29. The first-order valence-corrected chi connectivity index (χ1v) is 5.54. The average molecular weight is 302 g/mol. The minimum absolute atomic E-state index is 0.211. The van der Waals surface area contributed by atoms with E-state index in [0.717, 1.165) is 4.47 Å². The zero-order valence-corrected chi connectivity index (χ0v) is 10.3. The smallest absolute Gasteiger partial charge is 0.290 e. The molecular formula is C11H6BrClO3. The summed E-state index contributed by atoms with van der Waals surface area (Å²) in [6.45, 7) is 0. The van der Waals surface area contributed by atoms with E-state index in [-0.39, 0.29) is 11.7 Å². The van der Waals surface area contributed by atoms with Gasteiger partial charge in [0.15, 0.2) is 12.0 Å². The van der Waals surface area contributed by atoms with Gasteiger partial charge in [0.05, 0.1) is 5.02 Å². The van der Waals surface area contributed by atoms with E-state index in [1.807, 2.05) is 0 Å². The van der Waals surface area contributed by atoms with Crippen LogP contribution in [0.15, 0.2) is 39.2 Å². The molecule has 0 radical (unpaired) electrons. The Labute approximate surface area is 105 Å². The molecule has 16 heavy (non-hydrogen) atoms. The van der Waals surface area contributed by atoms with Crippen LogP contribution >= 0.6 is 27.5 Å². The fourth-order valence-electron chi connectivity index (χ4n) is 1.12. The van der Waals surface area contributed by atoms with Crippen molar-refractivity contribution in [1.82, 2.24) is 0 Å². The normalized spacial score (nSPS) is 10.1. The molecule has 0 bridgehead atoms. The molecule has 0 aliphatic heterocycles. The van der Waals surface area contributed by atoms with Gasteiger partial charge in [-0.3, -0.25) is 4.79 Å². The average Bonchev–Trinajstić information content (AvgIpc) is 2.70. The van der Waals surface area contributed by atoms with Crippen LogP contribution in [0.3, 0.4) is 0 Å². The van der Waals surface area contributed by atoms with Gasteiger partial charge in [-0.2, -0.15) is 0 Å². The van der Waals surface area contributed by atoms with Gasteiger partial charge in [-0.1, -0.05) is 27.5 Å². The monoisotopic (exact) mass is 300 g/mol. The van der Waals surface area contributed by atoms with Crippen molar-refractivity contribution in [3.8, 4) is 11.7 Å². The van der Waals surface area contributed by atoms with Crippen LogP contribution in [0, 0.1) is 0 Å². The zero-order chi connectivity index (χ0) is 11.5. The molecule has 1 heterocycles. The van der Waals surface area contributed by atoms with Gasteiger partial charge in [-0.15, -0.1) is 0 Å². The third-order valence-corrected chi connectivity index (χ3v) is 2.61. The maximum atomic E-state index is 10.4. The topological polar surface area (TPSA) is 39.4 Å². The van der Waals surface area contributed by atoms with Crippen molar-refractivity contribution in [2.24, 2.45) is 0 Å². The minimum Gasteiger partial charge on any atom is -0.424 e. The first-order valence-electron chi connectivity index (χ1n) is 4.37. The summed E-state index contributed by atoms with van der Waals surface area (Å²) in [4.78, 5) is 10.4. The Morgan fingerprint density at radius 3 is 2.75 bits per heavy atom. The third-order valence-electron chi connectivity index (χ3n) is 1.82. The summed E-state index contributed by atoms with van der Waals surface area (Å²) < 4.78 is 11.3. The summed E-state index contributed by atoms with van der Waals surface area (Å²) in [5, 5.41) is 0.457. The number of benzene rings is 1. The van der Waals surface area contributed by atoms with Crippen molar-refractivity contribution in [3.63, 3.8) is 0 Å². The van der Waals surface area contributed by atoms with Crippen molar-refractivity contribution in [2.75, 3.05) is 0 Å². The molecule has 0 unspecified atom stereocenters. The van der Waals surface area contributed by atoms with E-state index < -0.39 is 0 Å². The van der Waals surface area contributed by atoms with Crippen LogP contribution in [-0.2, 0) is 0 Å². The van der Waals surface area contributed by atoms with Crippen LogP contribution in [0.25, 0.3) is 0 Å². The van der Waals surface area contributed by atoms with E-state index in [1.54, 1.807) is 24.3 Å². The van der Waals surface area contributed by atoms with Crippen molar-refractivity contribution in [2.45, 2.75) is 0 Å². The summed E-state index contributed by atoms with van der Waals surface area (Å²) in [6.07, 6.45) is 0.607. The standard InChI is InChI=1S/C11H6BrClO3/c12-7-1-3-10(9(13)5-7)16-11-4-2-8(6-14)15-11/h1-6H. The quantitative estimate of drug-likeness (QED) is 0.793. The number of hydrogen-bond donors (Lipinski definition) is 0. The number of carbonyl (C=O) groups excluding carboxylic acids is 1. The van der Waals surface area contributed by atoms with Crippen molar-refractivity contribution < 1.29 is 13.9 Å². The van der Waals surface area contributed by atoms with Gasteiger partial charge >= 0.3 is 0 Å². The fourth-order valence-corrected chi connectivity index (χ4v) is 1.83. The second-order valence-electron chi connectivity index (χ2n) is 2.95. The van der Waals surface area contributed by atoms with Gasteiger partial charge in [0.2, 0.25) is 0 Å². The van der Waals surface area contributed by atoms with Gasteiger partial charge in [0.1, 0.15) is 5.75 Å². The highest BCUT2D eigenvalue weighted by atomic mass is 79.9. The van der Waals surface area contributed by atoms with Gasteiger partial charge in [-0.05, 0) is 24.3 Å². The lowest BCUT2D eigenvalue weighted by Gasteiger charge is -2.04. The summed E-state index contributed by atoms with van der Waals surface area (Å²) in [7, 11) is 0. The Bertz CT molecular complexity index is 522. The van der Waals surface area contributed by atoms with E-state index >= 15 is 0 Å². The largest absolute Gasteiger partial charge is 0.424 e. The SMILES string of the molecule is O=Cc1ccc(Oc2ccc(Br)cc2Cl)o1. The van der Waals surface area contributed by atoms with Crippen LogP contribution < -0.4 is 4.74 Å². The maximum absolute atomic E-state index is 10.4.